The van der Waals surface area contributed by atoms with Crippen LogP contribution in [-0.4, -0.2) is 87.4 Å². The van der Waals surface area contributed by atoms with Gasteiger partial charge in [-0.05, 0) is 118 Å². The van der Waals surface area contributed by atoms with Gasteiger partial charge in [-0.15, -0.1) is 0 Å². The summed E-state index contributed by atoms with van der Waals surface area (Å²) in [5.41, 5.74) is 7.16. The number of aliphatic carboxylic acids is 1. The van der Waals surface area contributed by atoms with E-state index < -0.39 is 17.1 Å². The van der Waals surface area contributed by atoms with Crippen LogP contribution >= 0.6 is 0 Å². The maximum atomic E-state index is 14.1. The normalized spacial score (nSPS) is 14.9. The Kier molecular flexibility index (Phi) is 13.6. The summed E-state index contributed by atoms with van der Waals surface area (Å²) in [4.78, 5) is 54.1. The Bertz CT molecular complexity index is 2780. The van der Waals surface area contributed by atoms with Crippen LogP contribution in [0, 0.1) is 0 Å². The minimum atomic E-state index is -0.853. The summed E-state index contributed by atoms with van der Waals surface area (Å²) in [7, 11) is 5.10. The third-order valence-corrected chi connectivity index (χ3v) is 13.2. The summed E-state index contributed by atoms with van der Waals surface area (Å²) in [6.07, 6.45) is 4.35. The molecule has 5 aromatic rings. The van der Waals surface area contributed by atoms with Gasteiger partial charge in [0, 0.05) is 74.0 Å². The molecule has 1 N–H and O–H groups in total. The average Bonchev–Trinajstić information content (AvgIpc) is 3.91. The number of para-hydroxylation sites is 2. The maximum absolute atomic E-state index is 14.1. The van der Waals surface area contributed by atoms with Crippen molar-refractivity contribution in [1.82, 2.24) is 0 Å². The van der Waals surface area contributed by atoms with E-state index in [0.29, 0.717) is 77.9 Å². The Balaban J connectivity index is 1.06. The van der Waals surface area contributed by atoms with Crippen LogP contribution in [0.25, 0.3) is 0 Å². The van der Waals surface area contributed by atoms with Gasteiger partial charge in [-0.1, -0.05) is 36.4 Å². The molecule has 0 spiro atoms. The third-order valence-electron chi connectivity index (χ3n) is 13.2. The van der Waals surface area contributed by atoms with Gasteiger partial charge in [-0.3, -0.25) is 29.3 Å². The number of rotatable bonds is 19. The van der Waals surface area contributed by atoms with Gasteiger partial charge in [0.1, 0.15) is 13.2 Å². The molecule has 0 saturated heterocycles. The van der Waals surface area contributed by atoms with Crippen molar-refractivity contribution in [2.75, 3.05) is 49.1 Å². The lowest BCUT2D eigenvalue weighted by Crippen LogP contribution is -2.43. The van der Waals surface area contributed by atoms with Gasteiger partial charge >= 0.3 is 5.97 Å². The molecule has 68 heavy (non-hydrogen) atoms. The van der Waals surface area contributed by atoms with Crippen LogP contribution < -0.4 is 33.6 Å². The molecule has 0 aromatic heterocycles. The quantitative estimate of drug-likeness (QED) is 0.0793. The molecule has 1 unspecified atom stereocenters. The van der Waals surface area contributed by atoms with Crippen molar-refractivity contribution in [1.29, 1.82) is 0 Å². The van der Waals surface area contributed by atoms with Crippen LogP contribution in [0.5, 0.6) is 23.0 Å². The fraction of sp³-hybridized carbons (Fsp3) is 0.352. The van der Waals surface area contributed by atoms with E-state index in [1.54, 1.807) is 41.2 Å². The van der Waals surface area contributed by atoms with Crippen LogP contribution in [0.3, 0.4) is 0 Å². The first-order chi connectivity index (χ1) is 32.6. The average molecular weight is 922 g/mol. The monoisotopic (exact) mass is 921 g/mol. The Morgan fingerprint density at radius 3 is 2.16 bits per heavy atom. The van der Waals surface area contributed by atoms with Crippen LogP contribution in [0.4, 0.5) is 28.4 Å². The number of hydrogen-bond donors (Lipinski definition) is 1. The van der Waals surface area contributed by atoms with Gasteiger partial charge in [0.05, 0.1) is 48.4 Å². The Hall–Kier alpha value is -7.19. The van der Waals surface area contributed by atoms with Crippen molar-refractivity contribution in [2.45, 2.75) is 90.2 Å². The first-order valence-electron chi connectivity index (χ1n) is 22.8. The summed E-state index contributed by atoms with van der Waals surface area (Å²) in [6.45, 7) is 13.1. The lowest BCUT2D eigenvalue weighted by molar-refractivity contribution is -0.138. The van der Waals surface area contributed by atoms with Crippen molar-refractivity contribution < 1.29 is 43.2 Å². The first kappa shape index (κ1) is 47.3. The third kappa shape index (κ3) is 9.91. The number of hydrogen-bond acceptors (Lipinski definition) is 11. The predicted octanol–water partition coefficient (Wildman–Crippen LogP) is 9.95. The lowest BCUT2D eigenvalue weighted by Gasteiger charge is -2.39. The van der Waals surface area contributed by atoms with Gasteiger partial charge in [0.15, 0.2) is 23.0 Å². The Labute approximate surface area is 397 Å². The molecule has 1 atom stereocenters. The van der Waals surface area contributed by atoms with Gasteiger partial charge in [0.25, 0.3) is 11.8 Å². The van der Waals surface area contributed by atoms with Crippen molar-refractivity contribution in [2.24, 2.45) is 9.98 Å². The van der Waals surface area contributed by atoms with Gasteiger partial charge in [-0.25, -0.2) is 0 Å². The molecule has 14 nitrogen and oxygen atoms in total. The Morgan fingerprint density at radius 1 is 0.838 bits per heavy atom. The minimum absolute atomic E-state index is 0.0277. The summed E-state index contributed by atoms with van der Waals surface area (Å²) in [5.74, 6) is 0.390. The summed E-state index contributed by atoms with van der Waals surface area (Å²) < 4.78 is 30.9. The van der Waals surface area contributed by atoms with Crippen molar-refractivity contribution >= 4 is 59.2 Å². The number of carboxylic acids is 1. The summed E-state index contributed by atoms with van der Waals surface area (Å²) in [5, 5.41) is 9.24. The van der Waals surface area contributed by atoms with Crippen molar-refractivity contribution in [3.63, 3.8) is 0 Å². The lowest BCUT2D eigenvalue weighted by atomic mass is 9.96. The second-order valence-electron chi connectivity index (χ2n) is 18.6. The fourth-order valence-corrected chi connectivity index (χ4v) is 9.01. The number of carbonyl (C=O) groups is 3. The maximum Gasteiger partial charge on any atom is 0.303 e. The van der Waals surface area contributed by atoms with Crippen LogP contribution in [0.15, 0.2) is 101 Å². The number of aliphatic imine (C=N–C) groups is 2. The highest BCUT2D eigenvalue weighted by Crippen LogP contribution is 2.42. The minimum Gasteiger partial charge on any atom is -0.493 e. The SMILES string of the molecule is C=Nc1cc(OCc2cc(COc3cc4c(cc3OC)C(=O)N3c5ccccc5CC3C=N4)cc(N(C)C(C)(C)CCOC(C)(C)CCC(=O)O)c2)c(OC)cc1C(=O)N1CCc2ccccc21. The number of carboxylic acid groups (broad SMARTS) is 1. The molecule has 0 radical (unpaired) electrons. The smallest absolute Gasteiger partial charge is 0.303 e. The molecule has 0 aliphatic carbocycles. The molecule has 0 bridgehead atoms. The molecule has 8 rings (SSSR count). The number of benzene rings is 5. The van der Waals surface area contributed by atoms with Crippen molar-refractivity contribution in [3.05, 3.63) is 124 Å². The van der Waals surface area contributed by atoms with Crippen LogP contribution in [0.1, 0.15) is 89.9 Å². The molecule has 5 aromatic carbocycles. The number of ether oxygens (including phenoxy) is 5. The molecule has 3 aliphatic heterocycles. The van der Waals surface area contributed by atoms with E-state index in [2.05, 4.69) is 42.6 Å². The molecule has 0 fully saturated rings. The number of methoxy groups -OCH3 is 2. The summed E-state index contributed by atoms with van der Waals surface area (Å²) >= 11 is 0. The number of anilines is 3. The molecule has 14 heteroatoms. The Morgan fingerprint density at radius 2 is 1.49 bits per heavy atom. The highest BCUT2D eigenvalue weighted by molar-refractivity contribution is 6.15. The molecule has 354 valence electrons. The van der Waals surface area contributed by atoms with E-state index in [-0.39, 0.29) is 37.5 Å². The van der Waals surface area contributed by atoms with E-state index in [1.807, 2.05) is 81.7 Å². The highest BCUT2D eigenvalue weighted by Gasteiger charge is 2.37. The zero-order valence-electron chi connectivity index (χ0n) is 39.8. The van der Waals surface area contributed by atoms with Gasteiger partial charge in [0.2, 0.25) is 0 Å². The first-order valence-corrected chi connectivity index (χ1v) is 22.8. The van der Waals surface area contributed by atoms with E-state index >= 15 is 0 Å². The zero-order chi connectivity index (χ0) is 48.3. The molecule has 3 heterocycles. The zero-order valence-corrected chi connectivity index (χ0v) is 39.8. The van der Waals surface area contributed by atoms with Crippen molar-refractivity contribution in [3.8, 4) is 23.0 Å². The number of carbonyl (C=O) groups excluding carboxylic acids is 2. The highest BCUT2D eigenvalue weighted by atomic mass is 16.5. The molecule has 0 saturated carbocycles. The predicted molar refractivity (Wildman–Crippen MR) is 265 cm³/mol. The molecular weight excluding hydrogens is 863 g/mol. The molecule has 2 amide bonds. The molecular formula is C54H59N5O9. The van der Waals surface area contributed by atoms with Gasteiger partial charge in [-0.2, -0.15) is 0 Å². The van der Waals surface area contributed by atoms with E-state index in [0.717, 1.165) is 45.7 Å². The van der Waals surface area contributed by atoms with Crippen LogP contribution in [0.2, 0.25) is 0 Å². The standard InChI is InChI=1S/C54H59N5O9/c1-53(2,20-22-68-54(3,4)19-17-50(60)61)57(6)38-24-34(32-66-48-29-42(55-5)40(27-46(48)64-7)51(62)58-21-18-36-13-9-11-15-44(36)58)23-35(25-38)33-67-49-30-43-41(28-47(49)65-8)52(63)59-39(31-56-43)26-37-14-10-12-16-45(37)59/h9-16,23-25,27-31,39H,5,17-22,26,32-33H2,1-4,6-8H3,(H,60,61). The second kappa shape index (κ2) is 19.6. The number of amides is 2. The van der Waals surface area contributed by atoms with E-state index in [9.17, 15) is 19.5 Å². The number of fused-ring (bicyclic) bond motifs is 5. The largest absolute Gasteiger partial charge is 0.493 e. The van der Waals surface area contributed by atoms with Gasteiger partial charge < -0.3 is 38.6 Å². The van der Waals surface area contributed by atoms with E-state index in [4.69, 9.17) is 28.7 Å². The topological polar surface area (TPSA) is 152 Å². The summed E-state index contributed by atoms with van der Waals surface area (Å²) in [6, 6.07) is 28.5. The number of nitrogens with zero attached hydrogens (tertiary/aromatic N) is 5. The second-order valence-corrected chi connectivity index (χ2v) is 18.6. The van der Waals surface area contributed by atoms with Crippen LogP contribution in [-0.2, 0) is 35.6 Å². The van der Waals surface area contributed by atoms with E-state index in [1.165, 1.54) is 7.11 Å². The fourth-order valence-electron chi connectivity index (χ4n) is 9.01. The molecule has 3 aliphatic rings.